The number of hydrogen-bond donors (Lipinski definition) is 1. The van der Waals surface area contributed by atoms with E-state index >= 15 is 0 Å². The first-order valence-electron chi connectivity index (χ1n) is 6.36. The summed E-state index contributed by atoms with van der Waals surface area (Å²) in [5.41, 5.74) is 0.744. The van der Waals surface area contributed by atoms with Crippen molar-refractivity contribution in [1.82, 2.24) is 0 Å². The SMILES string of the molecule is CC(C)(C)c1ccc(S(=O)(=O)c2ccccc2)c(O)c1. The first-order chi connectivity index (χ1) is 9.23. The fourth-order valence-electron chi connectivity index (χ4n) is 1.94. The molecule has 0 saturated heterocycles. The molecule has 2 rings (SSSR count). The molecule has 0 aromatic heterocycles. The van der Waals surface area contributed by atoms with Gasteiger partial charge in [0.05, 0.1) is 4.90 Å². The first kappa shape index (κ1) is 14.6. The molecule has 0 radical (unpaired) electrons. The Morgan fingerprint density at radius 1 is 0.950 bits per heavy atom. The fraction of sp³-hybridized carbons (Fsp3) is 0.250. The van der Waals surface area contributed by atoms with Gasteiger partial charge in [0, 0.05) is 0 Å². The van der Waals surface area contributed by atoms with Crippen LogP contribution in [-0.2, 0) is 15.3 Å². The number of sulfone groups is 1. The molecule has 0 spiro atoms. The molecule has 0 bridgehead atoms. The third-order valence-electron chi connectivity index (χ3n) is 3.17. The molecule has 0 fully saturated rings. The van der Waals surface area contributed by atoms with E-state index in [1.54, 1.807) is 24.3 Å². The van der Waals surface area contributed by atoms with Crippen molar-refractivity contribution in [2.45, 2.75) is 36.0 Å². The van der Waals surface area contributed by atoms with Gasteiger partial charge >= 0.3 is 0 Å². The highest BCUT2D eigenvalue weighted by Gasteiger charge is 2.23. The molecule has 0 aliphatic carbocycles. The molecule has 0 atom stereocenters. The fourth-order valence-corrected chi connectivity index (χ4v) is 3.29. The highest BCUT2D eigenvalue weighted by molar-refractivity contribution is 7.91. The number of hydrogen-bond acceptors (Lipinski definition) is 3. The normalized spacial score (nSPS) is 12.3. The Hall–Kier alpha value is -1.81. The maximum Gasteiger partial charge on any atom is 0.210 e. The minimum atomic E-state index is -3.68. The van der Waals surface area contributed by atoms with Gasteiger partial charge < -0.3 is 5.11 Å². The average Bonchev–Trinajstić information content (AvgIpc) is 2.38. The molecule has 0 aliphatic rings. The van der Waals surface area contributed by atoms with Gasteiger partial charge in [-0.15, -0.1) is 0 Å². The van der Waals surface area contributed by atoms with Crippen molar-refractivity contribution in [1.29, 1.82) is 0 Å². The predicted molar refractivity (Wildman–Crippen MR) is 78.7 cm³/mol. The lowest BCUT2D eigenvalue weighted by molar-refractivity contribution is 0.454. The van der Waals surface area contributed by atoms with Gasteiger partial charge in [0.2, 0.25) is 9.84 Å². The Morgan fingerprint density at radius 2 is 1.55 bits per heavy atom. The van der Waals surface area contributed by atoms with Crippen molar-refractivity contribution in [3.05, 3.63) is 54.1 Å². The lowest BCUT2D eigenvalue weighted by atomic mass is 9.87. The van der Waals surface area contributed by atoms with Crippen LogP contribution in [0.25, 0.3) is 0 Å². The molecule has 0 amide bonds. The van der Waals surface area contributed by atoms with Crippen molar-refractivity contribution < 1.29 is 13.5 Å². The summed E-state index contributed by atoms with van der Waals surface area (Å²) in [6.07, 6.45) is 0. The molecule has 0 heterocycles. The quantitative estimate of drug-likeness (QED) is 0.920. The molecular weight excluding hydrogens is 272 g/mol. The van der Waals surface area contributed by atoms with Crippen molar-refractivity contribution in [2.24, 2.45) is 0 Å². The zero-order valence-corrected chi connectivity index (χ0v) is 12.6. The van der Waals surface area contributed by atoms with Crippen LogP contribution in [0.2, 0.25) is 0 Å². The van der Waals surface area contributed by atoms with Gasteiger partial charge in [-0.1, -0.05) is 45.0 Å². The van der Waals surface area contributed by atoms with Crippen LogP contribution in [0.1, 0.15) is 26.3 Å². The van der Waals surface area contributed by atoms with Crippen molar-refractivity contribution >= 4 is 9.84 Å². The summed E-state index contributed by atoms with van der Waals surface area (Å²) < 4.78 is 24.9. The van der Waals surface area contributed by atoms with E-state index in [2.05, 4.69) is 0 Å². The van der Waals surface area contributed by atoms with Gasteiger partial charge in [0.25, 0.3) is 0 Å². The predicted octanol–water partition coefficient (Wildman–Crippen LogP) is 3.52. The van der Waals surface area contributed by atoms with Crippen LogP contribution in [0.15, 0.2) is 58.3 Å². The highest BCUT2D eigenvalue weighted by Crippen LogP contribution is 2.33. The van der Waals surface area contributed by atoms with Crippen LogP contribution in [0.4, 0.5) is 0 Å². The van der Waals surface area contributed by atoms with E-state index in [4.69, 9.17) is 0 Å². The number of rotatable bonds is 2. The van der Waals surface area contributed by atoms with Crippen LogP contribution >= 0.6 is 0 Å². The summed E-state index contributed by atoms with van der Waals surface area (Å²) in [5, 5.41) is 10.1. The topological polar surface area (TPSA) is 54.4 Å². The summed E-state index contributed by atoms with van der Waals surface area (Å²) in [5.74, 6) is -0.207. The summed E-state index contributed by atoms with van der Waals surface area (Å²) in [7, 11) is -3.68. The lowest BCUT2D eigenvalue weighted by Crippen LogP contribution is -2.11. The van der Waals surface area contributed by atoms with E-state index in [0.717, 1.165) is 5.56 Å². The molecule has 4 heteroatoms. The molecule has 3 nitrogen and oxygen atoms in total. The molecule has 106 valence electrons. The molecule has 1 N–H and O–H groups in total. The van der Waals surface area contributed by atoms with Crippen LogP contribution < -0.4 is 0 Å². The average molecular weight is 290 g/mol. The van der Waals surface area contributed by atoms with E-state index in [1.165, 1.54) is 24.3 Å². The Balaban J connectivity index is 2.55. The van der Waals surface area contributed by atoms with E-state index in [-0.39, 0.29) is 21.0 Å². The number of benzene rings is 2. The van der Waals surface area contributed by atoms with Crippen LogP contribution in [-0.4, -0.2) is 13.5 Å². The van der Waals surface area contributed by atoms with Gasteiger partial charge in [0.15, 0.2) is 0 Å². The minimum absolute atomic E-state index is 0.0586. The second kappa shape index (κ2) is 4.94. The number of phenolic OH excluding ortho intramolecular Hbond substituents is 1. The maximum absolute atomic E-state index is 12.5. The van der Waals surface area contributed by atoms with E-state index in [9.17, 15) is 13.5 Å². The highest BCUT2D eigenvalue weighted by atomic mass is 32.2. The third kappa shape index (κ3) is 2.70. The zero-order valence-electron chi connectivity index (χ0n) is 11.8. The Kier molecular flexibility index (Phi) is 3.61. The van der Waals surface area contributed by atoms with Crippen molar-refractivity contribution in [2.75, 3.05) is 0 Å². The standard InChI is InChI=1S/C16H18O3S/c1-16(2,3)12-9-10-15(14(17)11-12)20(18,19)13-7-5-4-6-8-13/h4-11,17H,1-3H3. The molecular formula is C16H18O3S. The summed E-state index contributed by atoms with van der Waals surface area (Å²) in [6, 6.07) is 12.9. The van der Waals surface area contributed by atoms with E-state index in [0.29, 0.717) is 0 Å². The van der Waals surface area contributed by atoms with Crippen molar-refractivity contribution in [3.63, 3.8) is 0 Å². The molecule has 2 aromatic rings. The minimum Gasteiger partial charge on any atom is -0.507 e. The summed E-state index contributed by atoms with van der Waals surface area (Å²) >= 11 is 0. The van der Waals surface area contributed by atoms with Crippen LogP contribution in [0.3, 0.4) is 0 Å². The lowest BCUT2D eigenvalue weighted by Gasteiger charge is -2.20. The maximum atomic E-state index is 12.5. The van der Waals surface area contributed by atoms with Gasteiger partial charge in [-0.05, 0) is 35.2 Å². The van der Waals surface area contributed by atoms with Gasteiger partial charge in [-0.2, -0.15) is 0 Å². The molecule has 0 saturated carbocycles. The summed E-state index contributed by atoms with van der Waals surface area (Å²) in [4.78, 5) is 0.121. The van der Waals surface area contributed by atoms with Crippen LogP contribution in [0.5, 0.6) is 5.75 Å². The monoisotopic (exact) mass is 290 g/mol. The number of phenols is 1. The van der Waals surface area contributed by atoms with Gasteiger partial charge in [-0.25, -0.2) is 8.42 Å². The number of aromatic hydroxyl groups is 1. The molecule has 0 aliphatic heterocycles. The Bertz CT molecular complexity index is 711. The molecule has 0 unspecified atom stereocenters. The second-order valence-electron chi connectivity index (χ2n) is 5.75. The van der Waals surface area contributed by atoms with Crippen molar-refractivity contribution in [3.8, 4) is 5.75 Å². The largest absolute Gasteiger partial charge is 0.507 e. The third-order valence-corrected chi connectivity index (χ3v) is 4.99. The first-order valence-corrected chi connectivity index (χ1v) is 7.85. The molecule has 2 aromatic carbocycles. The van der Waals surface area contributed by atoms with Crippen LogP contribution in [0, 0.1) is 0 Å². The smallest absolute Gasteiger partial charge is 0.210 e. The molecule has 20 heavy (non-hydrogen) atoms. The Labute approximate surface area is 119 Å². The van der Waals surface area contributed by atoms with Gasteiger partial charge in [-0.3, -0.25) is 0 Å². The van der Waals surface area contributed by atoms with E-state index in [1.807, 2.05) is 20.8 Å². The second-order valence-corrected chi connectivity index (χ2v) is 7.67. The summed E-state index contributed by atoms with van der Waals surface area (Å²) in [6.45, 7) is 6.02. The Morgan fingerprint density at radius 3 is 2.05 bits per heavy atom. The van der Waals surface area contributed by atoms with E-state index < -0.39 is 9.84 Å². The van der Waals surface area contributed by atoms with Gasteiger partial charge in [0.1, 0.15) is 10.6 Å². The zero-order chi connectivity index (χ0) is 15.0.